The number of amides is 1. The van der Waals surface area contributed by atoms with Crippen LogP contribution < -0.4 is 0 Å². The summed E-state index contributed by atoms with van der Waals surface area (Å²) in [5, 5.41) is 19.2. The predicted octanol–water partition coefficient (Wildman–Crippen LogP) is 1.02. The number of aromatic hydroxyl groups is 2. The Morgan fingerprint density at radius 3 is 2.89 bits per heavy atom. The Kier molecular flexibility index (Phi) is 3.06. The average Bonchev–Trinajstić information content (AvgIpc) is 2.88. The lowest BCUT2D eigenvalue weighted by Crippen LogP contribution is -2.52. The number of fused-ring (bicyclic) bond motifs is 1. The minimum absolute atomic E-state index is 0.000604. The summed E-state index contributed by atoms with van der Waals surface area (Å²) in [6, 6.07) is 4.52. The molecular formula is C14H18N2O3. The highest BCUT2D eigenvalue weighted by atomic mass is 16.3. The molecule has 1 aromatic carbocycles. The number of piperazine rings is 1. The van der Waals surface area contributed by atoms with Gasteiger partial charge >= 0.3 is 0 Å². The second-order valence-electron chi connectivity index (χ2n) is 5.28. The number of phenolic OH excluding ortho intramolecular Hbond substituents is 2. The Hall–Kier alpha value is -1.75. The van der Waals surface area contributed by atoms with E-state index >= 15 is 0 Å². The number of carbonyl (C=O) groups is 1. The molecule has 5 nitrogen and oxygen atoms in total. The molecule has 1 atom stereocenters. The number of hydrogen-bond donors (Lipinski definition) is 2. The van der Waals surface area contributed by atoms with Crippen molar-refractivity contribution in [1.82, 2.24) is 9.80 Å². The van der Waals surface area contributed by atoms with Gasteiger partial charge in [0.25, 0.3) is 5.91 Å². The highest BCUT2D eigenvalue weighted by Crippen LogP contribution is 2.26. The maximum absolute atomic E-state index is 12.4. The van der Waals surface area contributed by atoms with Gasteiger partial charge in [-0.05, 0) is 37.6 Å². The molecule has 1 unspecified atom stereocenters. The van der Waals surface area contributed by atoms with Gasteiger partial charge in [0.2, 0.25) is 0 Å². The molecule has 0 spiro atoms. The van der Waals surface area contributed by atoms with E-state index < -0.39 is 0 Å². The lowest BCUT2D eigenvalue weighted by atomic mass is 10.1. The Morgan fingerprint density at radius 2 is 2.05 bits per heavy atom. The largest absolute Gasteiger partial charge is 0.508 e. The second kappa shape index (κ2) is 4.74. The zero-order chi connectivity index (χ0) is 13.4. The minimum Gasteiger partial charge on any atom is -0.508 e. The number of hydrogen-bond acceptors (Lipinski definition) is 4. The topological polar surface area (TPSA) is 64.0 Å². The fourth-order valence-corrected chi connectivity index (χ4v) is 3.04. The Morgan fingerprint density at radius 1 is 1.21 bits per heavy atom. The lowest BCUT2D eigenvalue weighted by Gasteiger charge is -2.37. The van der Waals surface area contributed by atoms with Gasteiger partial charge in [-0.25, -0.2) is 0 Å². The summed E-state index contributed by atoms with van der Waals surface area (Å²) in [7, 11) is 0. The molecule has 19 heavy (non-hydrogen) atoms. The highest BCUT2D eigenvalue weighted by Gasteiger charge is 2.33. The zero-order valence-corrected chi connectivity index (χ0v) is 10.7. The van der Waals surface area contributed by atoms with Crippen LogP contribution >= 0.6 is 0 Å². The number of phenols is 2. The minimum atomic E-state index is -0.194. The number of carbonyl (C=O) groups excluding carboxylic acids is 1. The molecule has 2 saturated heterocycles. The van der Waals surface area contributed by atoms with Gasteiger partial charge in [-0.1, -0.05) is 0 Å². The van der Waals surface area contributed by atoms with Gasteiger partial charge in [0.15, 0.2) is 0 Å². The summed E-state index contributed by atoms with van der Waals surface area (Å²) in [5.41, 5.74) is 0.187. The Labute approximate surface area is 112 Å². The van der Waals surface area contributed by atoms with Gasteiger partial charge in [-0.15, -0.1) is 0 Å². The monoisotopic (exact) mass is 262 g/mol. The third-order valence-corrected chi connectivity index (χ3v) is 4.09. The average molecular weight is 262 g/mol. The number of nitrogens with zero attached hydrogens (tertiary/aromatic N) is 2. The molecule has 0 aromatic heterocycles. The van der Waals surface area contributed by atoms with Crippen LogP contribution in [0.3, 0.4) is 0 Å². The van der Waals surface area contributed by atoms with Crippen molar-refractivity contribution in [3.05, 3.63) is 23.8 Å². The maximum Gasteiger partial charge on any atom is 0.257 e. The van der Waals surface area contributed by atoms with Crippen molar-refractivity contribution >= 4 is 5.91 Å². The second-order valence-corrected chi connectivity index (χ2v) is 5.28. The fraction of sp³-hybridized carbons (Fsp3) is 0.500. The molecule has 3 rings (SSSR count). The molecule has 1 aromatic rings. The van der Waals surface area contributed by atoms with E-state index in [0.717, 1.165) is 19.5 Å². The molecule has 2 heterocycles. The molecule has 0 aliphatic carbocycles. The first-order valence-electron chi connectivity index (χ1n) is 6.70. The Balaban J connectivity index is 1.78. The van der Waals surface area contributed by atoms with Crippen LogP contribution in [0, 0.1) is 0 Å². The van der Waals surface area contributed by atoms with Crippen LogP contribution in [0.15, 0.2) is 18.2 Å². The molecule has 5 heteroatoms. The molecule has 0 saturated carbocycles. The maximum atomic E-state index is 12.4. The van der Waals surface area contributed by atoms with Gasteiger partial charge in [-0.3, -0.25) is 9.69 Å². The summed E-state index contributed by atoms with van der Waals surface area (Å²) >= 11 is 0. The predicted molar refractivity (Wildman–Crippen MR) is 70.3 cm³/mol. The van der Waals surface area contributed by atoms with Crippen molar-refractivity contribution in [2.75, 3.05) is 26.2 Å². The highest BCUT2D eigenvalue weighted by molar-refractivity contribution is 5.97. The molecule has 2 fully saturated rings. The van der Waals surface area contributed by atoms with E-state index in [4.69, 9.17) is 0 Å². The van der Waals surface area contributed by atoms with E-state index in [1.807, 2.05) is 0 Å². The smallest absolute Gasteiger partial charge is 0.257 e. The molecule has 2 aliphatic rings. The van der Waals surface area contributed by atoms with E-state index in [2.05, 4.69) is 4.90 Å². The first-order chi connectivity index (χ1) is 9.15. The van der Waals surface area contributed by atoms with E-state index in [1.165, 1.54) is 24.6 Å². The first kappa shape index (κ1) is 12.3. The van der Waals surface area contributed by atoms with Crippen molar-refractivity contribution in [3.63, 3.8) is 0 Å². The summed E-state index contributed by atoms with van der Waals surface area (Å²) in [4.78, 5) is 16.6. The summed E-state index contributed by atoms with van der Waals surface area (Å²) in [5.74, 6) is -0.266. The molecule has 0 radical (unpaired) electrons. The van der Waals surface area contributed by atoms with Crippen LogP contribution in [0.5, 0.6) is 11.5 Å². The summed E-state index contributed by atoms with van der Waals surface area (Å²) < 4.78 is 0. The standard InChI is InChI=1S/C14H18N2O3/c17-11-3-4-13(18)12(8-11)14(19)16-7-6-15-5-1-2-10(15)9-16/h3-4,8,10,17-18H,1-2,5-7,9H2. The van der Waals surface area contributed by atoms with Gasteiger partial charge < -0.3 is 15.1 Å². The SMILES string of the molecule is O=C(c1cc(O)ccc1O)N1CCN2CCCC2C1. The Bertz CT molecular complexity index is 503. The van der Waals surface area contributed by atoms with Crippen molar-refractivity contribution in [1.29, 1.82) is 0 Å². The quantitative estimate of drug-likeness (QED) is 0.742. The molecule has 102 valence electrons. The molecular weight excluding hydrogens is 244 g/mol. The van der Waals surface area contributed by atoms with Crippen molar-refractivity contribution in [2.45, 2.75) is 18.9 Å². The third kappa shape index (κ3) is 2.26. The van der Waals surface area contributed by atoms with Crippen molar-refractivity contribution in [2.24, 2.45) is 0 Å². The van der Waals surface area contributed by atoms with Gasteiger partial charge in [0, 0.05) is 25.7 Å². The number of benzene rings is 1. The fourth-order valence-electron chi connectivity index (χ4n) is 3.04. The van der Waals surface area contributed by atoms with Crippen molar-refractivity contribution < 1.29 is 15.0 Å². The normalized spacial score (nSPS) is 23.4. The first-order valence-corrected chi connectivity index (χ1v) is 6.70. The number of rotatable bonds is 1. The molecule has 2 aliphatic heterocycles. The van der Waals surface area contributed by atoms with Crippen LogP contribution in [0.25, 0.3) is 0 Å². The third-order valence-electron chi connectivity index (χ3n) is 4.09. The van der Waals surface area contributed by atoms with E-state index in [9.17, 15) is 15.0 Å². The zero-order valence-electron chi connectivity index (χ0n) is 10.7. The van der Waals surface area contributed by atoms with E-state index in [-0.39, 0.29) is 23.0 Å². The molecule has 0 bridgehead atoms. The van der Waals surface area contributed by atoms with E-state index in [0.29, 0.717) is 19.1 Å². The van der Waals surface area contributed by atoms with Gasteiger partial charge in [-0.2, -0.15) is 0 Å². The van der Waals surface area contributed by atoms with E-state index in [1.54, 1.807) is 4.90 Å². The summed E-state index contributed by atoms with van der Waals surface area (Å²) in [6.45, 7) is 3.43. The van der Waals surface area contributed by atoms with Crippen LogP contribution in [-0.4, -0.2) is 58.1 Å². The van der Waals surface area contributed by atoms with Crippen LogP contribution in [0.4, 0.5) is 0 Å². The van der Waals surface area contributed by atoms with Crippen LogP contribution in [0.2, 0.25) is 0 Å². The van der Waals surface area contributed by atoms with Crippen molar-refractivity contribution in [3.8, 4) is 11.5 Å². The van der Waals surface area contributed by atoms with Crippen LogP contribution in [0.1, 0.15) is 23.2 Å². The van der Waals surface area contributed by atoms with Gasteiger partial charge in [0.1, 0.15) is 11.5 Å². The van der Waals surface area contributed by atoms with Crippen LogP contribution in [-0.2, 0) is 0 Å². The molecule has 1 amide bonds. The van der Waals surface area contributed by atoms with Gasteiger partial charge in [0.05, 0.1) is 5.56 Å². The molecule has 2 N–H and O–H groups in total. The lowest BCUT2D eigenvalue weighted by molar-refractivity contribution is 0.0568. The summed E-state index contributed by atoms with van der Waals surface area (Å²) in [6.07, 6.45) is 2.33.